The van der Waals surface area contributed by atoms with Gasteiger partial charge in [0, 0.05) is 43.2 Å². The van der Waals surface area contributed by atoms with E-state index in [9.17, 15) is 4.79 Å². The first kappa shape index (κ1) is 19.9. The second kappa shape index (κ2) is 6.86. The van der Waals surface area contributed by atoms with E-state index < -0.39 is 0 Å². The molecule has 1 aromatic rings. The monoisotopic (exact) mass is 382 g/mol. The molecule has 0 bridgehead atoms. The Morgan fingerprint density at radius 2 is 1.82 bits per heavy atom. The molecule has 0 radical (unpaired) electrons. The maximum absolute atomic E-state index is 12.9. The molecular formula is C25H38N2O. The lowest BCUT2D eigenvalue weighted by atomic mass is 9.99. The van der Waals surface area contributed by atoms with Gasteiger partial charge in [-0.3, -0.25) is 9.69 Å². The van der Waals surface area contributed by atoms with Gasteiger partial charge in [-0.2, -0.15) is 0 Å². The molecule has 154 valence electrons. The Morgan fingerprint density at radius 1 is 1.11 bits per heavy atom. The minimum absolute atomic E-state index is 0.135. The topological polar surface area (TPSA) is 23.6 Å². The first-order chi connectivity index (χ1) is 13.1. The normalized spacial score (nSPS) is 29.4. The van der Waals surface area contributed by atoms with Crippen LogP contribution in [0.1, 0.15) is 65.0 Å². The van der Waals surface area contributed by atoms with Crippen LogP contribution in [0.3, 0.4) is 0 Å². The van der Waals surface area contributed by atoms with Crippen LogP contribution in [-0.2, 0) is 11.2 Å². The largest absolute Gasteiger partial charge is 0.370 e. The SMILES string of the molecule is Cc1cc(CC(=O)C2C(C)(C)C2(C)C)ccc1N1CCC(N2CCCC2C)C1. The number of hydrogen-bond acceptors (Lipinski definition) is 3. The average molecular weight is 383 g/mol. The van der Waals surface area contributed by atoms with Crippen molar-refractivity contribution in [2.75, 3.05) is 24.5 Å². The fraction of sp³-hybridized carbons (Fsp3) is 0.720. The summed E-state index contributed by atoms with van der Waals surface area (Å²) in [6.07, 6.45) is 4.56. The van der Waals surface area contributed by atoms with Crippen molar-refractivity contribution in [3.05, 3.63) is 29.3 Å². The molecule has 1 aromatic carbocycles. The molecule has 3 nitrogen and oxygen atoms in total. The van der Waals surface area contributed by atoms with E-state index in [1.165, 1.54) is 42.6 Å². The molecule has 1 saturated carbocycles. The predicted octanol–water partition coefficient (Wildman–Crippen LogP) is 4.85. The summed E-state index contributed by atoms with van der Waals surface area (Å²) in [4.78, 5) is 18.1. The predicted molar refractivity (Wildman–Crippen MR) is 117 cm³/mol. The maximum atomic E-state index is 12.9. The van der Waals surface area contributed by atoms with Crippen LogP contribution in [0.4, 0.5) is 5.69 Å². The van der Waals surface area contributed by atoms with E-state index in [-0.39, 0.29) is 16.7 Å². The van der Waals surface area contributed by atoms with Gasteiger partial charge in [-0.25, -0.2) is 0 Å². The summed E-state index contributed by atoms with van der Waals surface area (Å²) in [5.41, 5.74) is 4.12. The van der Waals surface area contributed by atoms with Crippen molar-refractivity contribution in [2.45, 2.75) is 79.3 Å². The molecule has 3 heteroatoms. The van der Waals surface area contributed by atoms with Crippen molar-refractivity contribution in [1.29, 1.82) is 0 Å². The van der Waals surface area contributed by atoms with Crippen molar-refractivity contribution < 1.29 is 4.79 Å². The number of carbonyl (C=O) groups excluding carboxylic acids is 1. The number of hydrogen-bond donors (Lipinski definition) is 0. The molecule has 3 fully saturated rings. The second-order valence-electron chi connectivity index (χ2n) is 10.8. The molecule has 2 atom stereocenters. The highest BCUT2D eigenvalue weighted by atomic mass is 16.1. The van der Waals surface area contributed by atoms with Crippen LogP contribution < -0.4 is 4.90 Å². The molecule has 0 N–H and O–H groups in total. The van der Waals surface area contributed by atoms with Crippen molar-refractivity contribution in [2.24, 2.45) is 16.7 Å². The smallest absolute Gasteiger partial charge is 0.141 e. The molecule has 2 unspecified atom stereocenters. The summed E-state index contributed by atoms with van der Waals surface area (Å²) >= 11 is 0. The zero-order valence-electron chi connectivity index (χ0n) is 18.7. The number of carbonyl (C=O) groups is 1. The maximum Gasteiger partial charge on any atom is 0.141 e. The molecule has 1 aliphatic carbocycles. The van der Waals surface area contributed by atoms with Crippen LogP contribution in [0.25, 0.3) is 0 Å². The fourth-order valence-electron chi connectivity index (χ4n) is 6.22. The minimum atomic E-state index is 0.135. The first-order valence-corrected chi connectivity index (χ1v) is 11.3. The number of aryl methyl sites for hydroxylation is 1. The Balaban J connectivity index is 1.41. The standard InChI is InChI=1S/C25H38N2O/c1-17-14-19(15-22(28)23-24(3,4)25(23,5)6)9-10-21(17)26-13-11-20(16-26)27-12-7-8-18(27)2/h9-10,14,18,20,23H,7-8,11-13,15-16H2,1-6H3. The highest BCUT2D eigenvalue weighted by molar-refractivity contribution is 5.88. The quantitative estimate of drug-likeness (QED) is 0.727. The van der Waals surface area contributed by atoms with Gasteiger partial charge in [0.1, 0.15) is 5.78 Å². The third-order valence-electron chi connectivity index (χ3n) is 8.56. The van der Waals surface area contributed by atoms with E-state index in [1.54, 1.807) is 0 Å². The molecule has 2 heterocycles. The molecule has 3 aliphatic rings. The van der Waals surface area contributed by atoms with Crippen molar-refractivity contribution >= 4 is 11.5 Å². The van der Waals surface area contributed by atoms with E-state index >= 15 is 0 Å². The van der Waals surface area contributed by atoms with Crippen LogP contribution in [0.15, 0.2) is 18.2 Å². The molecule has 28 heavy (non-hydrogen) atoms. The minimum Gasteiger partial charge on any atom is -0.370 e. The summed E-state index contributed by atoms with van der Waals surface area (Å²) < 4.78 is 0. The van der Waals surface area contributed by atoms with Gasteiger partial charge in [-0.1, -0.05) is 39.8 Å². The Hall–Kier alpha value is -1.35. The van der Waals surface area contributed by atoms with Gasteiger partial charge in [-0.15, -0.1) is 0 Å². The summed E-state index contributed by atoms with van der Waals surface area (Å²) in [5.74, 6) is 0.605. The van der Waals surface area contributed by atoms with Crippen molar-refractivity contribution in [1.82, 2.24) is 4.90 Å². The van der Waals surface area contributed by atoms with Gasteiger partial charge in [0.25, 0.3) is 0 Å². The van der Waals surface area contributed by atoms with Crippen LogP contribution in [0, 0.1) is 23.7 Å². The number of rotatable bonds is 5. The summed E-state index contributed by atoms with van der Waals surface area (Å²) in [6, 6.07) is 8.15. The molecule has 4 rings (SSSR count). The fourth-order valence-corrected chi connectivity index (χ4v) is 6.22. The lowest BCUT2D eigenvalue weighted by Crippen LogP contribution is -2.39. The summed E-state index contributed by atoms with van der Waals surface area (Å²) in [5, 5.41) is 0. The van der Waals surface area contributed by atoms with Crippen molar-refractivity contribution in [3.8, 4) is 0 Å². The van der Waals surface area contributed by atoms with Gasteiger partial charge in [0.05, 0.1) is 0 Å². The zero-order chi connectivity index (χ0) is 20.3. The van der Waals surface area contributed by atoms with E-state index in [0.717, 1.165) is 19.1 Å². The molecule has 2 saturated heterocycles. The van der Waals surface area contributed by atoms with E-state index in [2.05, 4.69) is 69.5 Å². The number of nitrogens with zero attached hydrogens (tertiary/aromatic N) is 2. The zero-order valence-corrected chi connectivity index (χ0v) is 18.7. The number of ketones is 1. The highest BCUT2D eigenvalue weighted by Crippen LogP contribution is 2.68. The third-order valence-corrected chi connectivity index (χ3v) is 8.56. The Labute approximate surface area is 171 Å². The number of anilines is 1. The van der Waals surface area contributed by atoms with E-state index in [0.29, 0.717) is 18.2 Å². The third kappa shape index (κ3) is 3.20. The van der Waals surface area contributed by atoms with E-state index in [1.807, 2.05) is 0 Å². The summed E-state index contributed by atoms with van der Waals surface area (Å²) in [7, 11) is 0. The lowest BCUT2D eigenvalue weighted by molar-refractivity contribution is -0.120. The van der Waals surface area contributed by atoms with Crippen LogP contribution in [0.5, 0.6) is 0 Å². The first-order valence-electron chi connectivity index (χ1n) is 11.3. The van der Waals surface area contributed by atoms with Crippen LogP contribution >= 0.6 is 0 Å². The lowest BCUT2D eigenvalue weighted by Gasteiger charge is -2.29. The van der Waals surface area contributed by atoms with Gasteiger partial charge < -0.3 is 4.90 Å². The summed E-state index contributed by atoms with van der Waals surface area (Å²) in [6.45, 7) is 17.1. The van der Waals surface area contributed by atoms with Gasteiger partial charge >= 0.3 is 0 Å². The Bertz CT molecular complexity index is 752. The van der Waals surface area contributed by atoms with Crippen LogP contribution in [-0.4, -0.2) is 42.4 Å². The average Bonchev–Trinajstić information content (AvgIpc) is 3.06. The molecule has 0 amide bonds. The Morgan fingerprint density at radius 3 is 2.39 bits per heavy atom. The molecule has 0 aromatic heterocycles. The highest BCUT2D eigenvalue weighted by Gasteiger charge is 2.67. The van der Waals surface area contributed by atoms with E-state index in [4.69, 9.17) is 0 Å². The van der Waals surface area contributed by atoms with Gasteiger partial charge in [0.15, 0.2) is 0 Å². The Kier molecular flexibility index (Phi) is 4.89. The molecular weight excluding hydrogens is 344 g/mol. The number of likely N-dealkylation sites (tertiary alicyclic amines) is 1. The number of Topliss-reactive ketones (excluding diaryl/α,β-unsaturated/α-hetero) is 1. The number of benzene rings is 1. The second-order valence-corrected chi connectivity index (χ2v) is 10.8. The molecule has 2 aliphatic heterocycles. The molecule has 0 spiro atoms. The van der Waals surface area contributed by atoms with Gasteiger partial charge in [-0.05, 0) is 67.7 Å². The van der Waals surface area contributed by atoms with Crippen molar-refractivity contribution in [3.63, 3.8) is 0 Å². The van der Waals surface area contributed by atoms with Crippen LogP contribution in [0.2, 0.25) is 0 Å². The van der Waals surface area contributed by atoms with Gasteiger partial charge in [0.2, 0.25) is 0 Å².